The Kier molecular flexibility index (Phi) is 6.80. The van der Waals surface area contributed by atoms with Crippen molar-refractivity contribution in [1.82, 2.24) is 5.32 Å². The fourth-order valence-electron chi connectivity index (χ4n) is 3.00. The molecule has 0 fully saturated rings. The van der Waals surface area contributed by atoms with Gasteiger partial charge in [-0.05, 0) is 55.8 Å². The molecule has 3 aromatic carbocycles. The predicted octanol–water partition coefficient (Wildman–Crippen LogP) is 4.72. The van der Waals surface area contributed by atoms with E-state index in [1.165, 1.54) is 24.3 Å². The first-order chi connectivity index (χ1) is 14.3. The molecule has 1 unspecified atom stereocenters. The molecule has 1 amide bonds. The van der Waals surface area contributed by atoms with Crippen LogP contribution < -0.4 is 9.62 Å². The fourth-order valence-corrected chi connectivity index (χ4v) is 4.55. The quantitative estimate of drug-likeness (QED) is 0.575. The highest BCUT2D eigenvalue weighted by Crippen LogP contribution is 2.24. The van der Waals surface area contributed by atoms with E-state index in [1.54, 1.807) is 30.3 Å². The summed E-state index contributed by atoms with van der Waals surface area (Å²) in [5.41, 5.74) is 2.48. The second-order valence-electron chi connectivity index (χ2n) is 7.00. The Morgan fingerprint density at radius 1 is 0.967 bits per heavy atom. The van der Waals surface area contributed by atoms with E-state index in [2.05, 4.69) is 5.32 Å². The third kappa shape index (κ3) is 5.20. The van der Waals surface area contributed by atoms with Crippen LogP contribution in [0.15, 0.2) is 83.8 Å². The van der Waals surface area contributed by atoms with Crippen molar-refractivity contribution < 1.29 is 13.2 Å². The minimum Gasteiger partial charge on any atom is -0.348 e. The molecule has 1 N–H and O–H groups in total. The van der Waals surface area contributed by atoms with Gasteiger partial charge in [0.05, 0.1) is 16.6 Å². The highest BCUT2D eigenvalue weighted by Gasteiger charge is 2.27. The van der Waals surface area contributed by atoms with Crippen LogP contribution in [0.4, 0.5) is 5.69 Å². The third-order valence-electron chi connectivity index (χ3n) is 4.69. The molecule has 0 bridgehead atoms. The minimum atomic E-state index is -3.96. The summed E-state index contributed by atoms with van der Waals surface area (Å²) in [5, 5.41) is 3.32. The monoisotopic (exact) mass is 442 g/mol. The predicted molar refractivity (Wildman–Crippen MR) is 120 cm³/mol. The maximum Gasteiger partial charge on any atom is 0.264 e. The van der Waals surface area contributed by atoms with E-state index >= 15 is 0 Å². The molecule has 30 heavy (non-hydrogen) atoms. The second-order valence-corrected chi connectivity index (χ2v) is 9.30. The highest BCUT2D eigenvalue weighted by molar-refractivity contribution is 7.92. The molecule has 0 saturated heterocycles. The largest absolute Gasteiger partial charge is 0.348 e. The van der Waals surface area contributed by atoms with Gasteiger partial charge in [0, 0.05) is 5.02 Å². The zero-order chi connectivity index (χ0) is 21.7. The first-order valence-electron chi connectivity index (χ1n) is 9.46. The van der Waals surface area contributed by atoms with E-state index in [0.29, 0.717) is 10.7 Å². The number of nitrogens with one attached hydrogen (secondary N) is 1. The van der Waals surface area contributed by atoms with Crippen molar-refractivity contribution in [3.63, 3.8) is 0 Å². The summed E-state index contributed by atoms with van der Waals surface area (Å²) in [6.07, 6.45) is 0. The van der Waals surface area contributed by atoms with Crippen molar-refractivity contribution in [2.24, 2.45) is 0 Å². The van der Waals surface area contributed by atoms with Crippen LogP contribution in [0, 0.1) is 6.92 Å². The average molecular weight is 443 g/mol. The molecule has 156 valence electrons. The van der Waals surface area contributed by atoms with Gasteiger partial charge in [0.15, 0.2) is 0 Å². The molecule has 0 aliphatic heterocycles. The maximum atomic E-state index is 13.3. The van der Waals surface area contributed by atoms with Crippen molar-refractivity contribution >= 4 is 33.2 Å². The third-order valence-corrected chi connectivity index (χ3v) is 6.73. The molecule has 0 aliphatic carbocycles. The summed E-state index contributed by atoms with van der Waals surface area (Å²) in [4.78, 5) is 12.8. The molecular weight excluding hydrogens is 420 g/mol. The number of hydrogen-bond acceptors (Lipinski definition) is 3. The number of nitrogens with zero attached hydrogens (tertiary/aromatic N) is 1. The van der Waals surface area contributed by atoms with E-state index in [4.69, 9.17) is 11.6 Å². The molecule has 3 aromatic rings. The van der Waals surface area contributed by atoms with E-state index in [1.807, 2.05) is 38.1 Å². The standard InChI is InChI=1S/C23H23ClN2O3S/c1-17-8-10-19(11-9-17)18(2)25-23(27)16-26(21-6-4-3-5-7-21)30(28,29)22-14-12-20(24)13-15-22/h3-15,18H,16H2,1-2H3,(H,25,27). The summed E-state index contributed by atoms with van der Waals surface area (Å²) in [5.74, 6) is -0.399. The van der Waals surface area contributed by atoms with E-state index in [-0.39, 0.29) is 17.5 Å². The number of amides is 1. The number of sulfonamides is 1. The molecule has 0 aromatic heterocycles. The van der Waals surface area contributed by atoms with Crippen LogP contribution in [0.25, 0.3) is 0 Å². The van der Waals surface area contributed by atoms with Crippen LogP contribution in [0.5, 0.6) is 0 Å². The highest BCUT2D eigenvalue weighted by atomic mass is 35.5. The van der Waals surface area contributed by atoms with Gasteiger partial charge in [0.2, 0.25) is 5.91 Å². The Hall–Kier alpha value is -2.83. The van der Waals surface area contributed by atoms with Crippen molar-refractivity contribution in [3.8, 4) is 0 Å². The van der Waals surface area contributed by atoms with Crippen LogP contribution in [0.1, 0.15) is 24.1 Å². The Morgan fingerprint density at radius 2 is 1.57 bits per heavy atom. The van der Waals surface area contributed by atoms with Gasteiger partial charge in [0.1, 0.15) is 6.54 Å². The van der Waals surface area contributed by atoms with Crippen LogP contribution >= 0.6 is 11.6 Å². The summed E-state index contributed by atoms with van der Waals surface area (Å²) in [7, 11) is -3.96. The second kappa shape index (κ2) is 9.32. The van der Waals surface area contributed by atoms with Gasteiger partial charge in [-0.1, -0.05) is 59.6 Å². The lowest BCUT2D eigenvalue weighted by atomic mass is 10.1. The SMILES string of the molecule is Cc1ccc(C(C)NC(=O)CN(c2ccccc2)S(=O)(=O)c2ccc(Cl)cc2)cc1. The Labute approximate surface area is 182 Å². The summed E-state index contributed by atoms with van der Waals surface area (Å²) in [6, 6.07) is 22.0. The topological polar surface area (TPSA) is 66.5 Å². The molecular formula is C23H23ClN2O3S. The van der Waals surface area contributed by atoms with Gasteiger partial charge in [-0.15, -0.1) is 0 Å². The molecule has 5 nitrogen and oxygen atoms in total. The normalized spacial score (nSPS) is 12.2. The lowest BCUT2D eigenvalue weighted by Crippen LogP contribution is -2.41. The van der Waals surface area contributed by atoms with Crippen molar-refractivity contribution in [2.75, 3.05) is 10.8 Å². The summed E-state index contributed by atoms with van der Waals surface area (Å²) in [6.45, 7) is 3.51. The lowest BCUT2D eigenvalue weighted by molar-refractivity contribution is -0.120. The number of halogens is 1. The summed E-state index contributed by atoms with van der Waals surface area (Å²) < 4.78 is 27.7. The minimum absolute atomic E-state index is 0.0649. The number of anilines is 1. The van der Waals surface area contributed by atoms with E-state index < -0.39 is 15.9 Å². The molecule has 0 saturated carbocycles. The number of para-hydroxylation sites is 1. The Balaban J connectivity index is 1.85. The van der Waals surface area contributed by atoms with Crippen LogP contribution in [0.2, 0.25) is 5.02 Å². The van der Waals surface area contributed by atoms with Gasteiger partial charge in [-0.3, -0.25) is 9.10 Å². The van der Waals surface area contributed by atoms with Gasteiger partial charge >= 0.3 is 0 Å². The number of rotatable bonds is 7. The number of carbonyl (C=O) groups is 1. The molecule has 0 aliphatic rings. The Morgan fingerprint density at radius 3 is 2.17 bits per heavy atom. The molecule has 0 spiro atoms. The molecule has 0 radical (unpaired) electrons. The fraction of sp³-hybridized carbons (Fsp3) is 0.174. The van der Waals surface area contributed by atoms with Crippen LogP contribution in [-0.2, 0) is 14.8 Å². The van der Waals surface area contributed by atoms with Gasteiger partial charge in [-0.2, -0.15) is 0 Å². The number of hydrogen-bond donors (Lipinski definition) is 1. The number of carbonyl (C=O) groups excluding carboxylic acids is 1. The van der Waals surface area contributed by atoms with Crippen molar-refractivity contribution in [1.29, 1.82) is 0 Å². The first-order valence-corrected chi connectivity index (χ1v) is 11.3. The smallest absolute Gasteiger partial charge is 0.264 e. The zero-order valence-electron chi connectivity index (χ0n) is 16.7. The maximum absolute atomic E-state index is 13.3. The molecule has 1 atom stereocenters. The van der Waals surface area contributed by atoms with Gasteiger partial charge < -0.3 is 5.32 Å². The van der Waals surface area contributed by atoms with Crippen molar-refractivity contribution in [3.05, 3.63) is 95.0 Å². The zero-order valence-corrected chi connectivity index (χ0v) is 18.3. The average Bonchev–Trinajstić information content (AvgIpc) is 2.73. The van der Waals surface area contributed by atoms with Crippen LogP contribution in [0.3, 0.4) is 0 Å². The first kappa shape index (κ1) is 21.9. The molecule has 3 rings (SSSR count). The van der Waals surface area contributed by atoms with Gasteiger partial charge in [0.25, 0.3) is 10.0 Å². The molecule has 7 heteroatoms. The Bertz CT molecular complexity index is 1100. The van der Waals surface area contributed by atoms with Crippen LogP contribution in [-0.4, -0.2) is 20.9 Å². The van der Waals surface area contributed by atoms with Crippen molar-refractivity contribution in [2.45, 2.75) is 24.8 Å². The van der Waals surface area contributed by atoms with Gasteiger partial charge in [-0.25, -0.2) is 8.42 Å². The van der Waals surface area contributed by atoms with E-state index in [0.717, 1.165) is 15.4 Å². The molecule has 0 heterocycles. The summed E-state index contributed by atoms with van der Waals surface area (Å²) >= 11 is 5.90. The number of aryl methyl sites for hydroxylation is 1. The van der Waals surface area contributed by atoms with E-state index in [9.17, 15) is 13.2 Å². The number of benzene rings is 3. The lowest BCUT2D eigenvalue weighted by Gasteiger charge is -2.25.